The molecule has 0 aliphatic carbocycles. The summed E-state index contributed by atoms with van der Waals surface area (Å²) >= 11 is 11.4. The molecule has 2 N–H and O–H groups in total. The Morgan fingerprint density at radius 2 is 2.04 bits per heavy atom. The Hall–Kier alpha value is -2.53. The molecule has 0 unspecified atom stereocenters. The monoisotopic (exact) mass is 469 g/mol. The number of anilines is 2. The van der Waals surface area contributed by atoms with E-state index in [9.17, 15) is 5.26 Å². The molecule has 4 rings (SSSR count). The number of hydrogen-bond donors (Lipinski definition) is 2. The van der Waals surface area contributed by atoms with Gasteiger partial charge in [-0.05, 0) is 43.3 Å². The first kappa shape index (κ1) is 18.8. The van der Waals surface area contributed by atoms with Gasteiger partial charge >= 0.3 is 0 Å². The van der Waals surface area contributed by atoms with Gasteiger partial charge in [0.1, 0.15) is 6.07 Å². The minimum absolute atomic E-state index is 0.468. The Bertz CT molecular complexity index is 1230. The highest BCUT2D eigenvalue weighted by Crippen LogP contribution is 2.36. The molecule has 0 bridgehead atoms. The summed E-state index contributed by atoms with van der Waals surface area (Å²) in [6.07, 6.45) is 3.35. The molecule has 0 radical (unpaired) electrons. The third kappa shape index (κ3) is 3.85. The van der Waals surface area contributed by atoms with Crippen molar-refractivity contribution in [1.82, 2.24) is 15.0 Å². The van der Waals surface area contributed by atoms with Crippen molar-refractivity contribution in [1.29, 1.82) is 5.26 Å². The first-order valence-corrected chi connectivity index (χ1v) is 10.3. The number of rotatable bonds is 4. The highest BCUT2D eigenvalue weighted by atomic mass is 79.9. The van der Waals surface area contributed by atoms with Crippen LogP contribution < -0.4 is 5.32 Å². The summed E-state index contributed by atoms with van der Waals surface area (Å²) in [6.45, 7) is 1.95. The lowest BCUT2D eigenvalue weighted by molar-refractivity contribution is 1.04. The quantitative estimate of drug-likeness (QED) is 0.358. The number of fused-ring (bicyclic) bond motifs is 1. The molecule has 4 aromatic rings. The van der Waals surface area contributed by atoms with Crippen LogP contribution in [0.3, 0.4) is 0 Å². The second kappa shape index (κ2) is 7.84. The van der Waals surface area contributed by atoms with Crippen LogP contribution in [0.5, 0.6) is 0 Å². The van der Waals surface area contributed by atoms with Crippen molar-refractivity contribution in [3.63, 3.8) is 0 Å². The summed E-state index contributed by atoms with van der Waals surface area (Å²) in [4.78, 5) is 12.7. The number of imidazole rings is 1. The maximum atomic E-state index is 9.50. The fourth-order valence-electron chi connectivity index (χ4n) is 2.74. The summed E-state index contributed by atoms with van der Waals surface area (Å²) < 4.78 is 0.931. The summed E-state index contributed by atoms with van der Waals surface area (Å²) in [5.74, 6) is 0. The summed E-state index contributed by atoms with van der Waals surface area (Å²) in [5, 5.41) is 15.1. The zero-order valence-electron chi connectivity index (χ0n) is 14.6. The number of nitrogens with one attached hydrogen (secondary N) is 2. The van der Waals surface area contributed by atoms with Crippen LogP contribution in [-0.4, -0.2) is 15.0 Å². The van der Waals surface area contributed by atoms with Gasteiger partial charge in [-0.3, -0.25) is 4.98 Å². The number of H-pyrrole nitrogens is 1. The molecule has 2 aromatic carbocycles. The molecule has 5 nitrogen and oxygen atoms in total. The predicted octanol–water partition coefficient (Wildman–Crippen LogP) is 6.45. The number of hydrogen-bond acceptors (Lipinski definition) is 5. The topological polar surface area (TPSA) is 77.4 Å². The molecule has 0 fully saturated rings. The molecule has 0 aliphatic rings. The molecule has 138 valence electrons. The van der Waals surface area contributed by atoms with Crippen LogP contribution in [0.25, 0.3) is 10.9 Å². The van der Waals surface area contributed by atoms with Crippen LogP contribution in [0.2, 0.25) is 5.02 Å². The smallest absolute Gasteiger partial charge is 0.170 e. The number of nitriles is 1. The molecule has 0 saturated carbocycles. The zero-order chi connectivity index (χ0) is 19.7. The van der Waals surface area contributed by atoms with Gasteiger partial charge in [0.15, 0.2) is 5.16 Å². The number of aromatic amines is 1. The highest BCUT2D eigenvalue weighted by molar-refractivity contribution is 9.10. The Kier molecular flexibility index (Phi) is 5.27. The van der Waals surface area contributed by atoms with Gasteiger partial charge in [-0.2, -0.15) is 5.26 Å². The van der Waals surface area contributed by atoms with Gasteiger partial charge < -0.3 is 10.3 Å². The van der Waals surface area contributed by atoms with Crippen LogP contribution >= 0.6 is 39.3 Å². The maximum absolute atomic E-state index is 9.50. The Morgan fingerprint density at radius 1 is 1.18 bits per heavy atom. The van der Waals surface area contributed by atoms with E-state index < -0.39 is 0 Å². The molecule has 28 heavy (non-hydrogen) atoms. The van der Waals surface area contributed by atoms with Gasteiger partial charge in [0.2, 0.25) is 0 Å². The minimum atomic E-state index is 0.468. The summed E-state index contributed by atoms with van der Waals surface area (Å²) in [5.41, 5.74) is 3.75. The van der Waals surface area contributed by atoms with Gasteiger partial charge in [0.25, 0.3) is 0 Å². The second-order valence-corrected chi connectivity index (χ2v) is 8.42. The molecular weight excluding hydrogens is 458 g/mol. The normalized spacial score (nSPS) is 10.8. The first-order chi connectivity index (χ1) is 13.5. The van der Waals surface area contributed by atoms with E-state index in [1.54, 1.807) is 12.4 Å². The number of pyridine rings is 1. The Labute approximate surface area is 179 Å². The number of aryl methyl sites for hydroxylation is 1. The van der Waals surface area contributed by atoms with Gasteiger partial charge in [0, 0.05) is 38.5 Å². The van der Waals surface area contributed by atoms with E-state index in [-0.39, 0.29) is 0 Å². The number of benzene rings is 2. The van der Waals surface area contributed by atoms with E-state index in [2.05, 4.69) is 42.3 Å². The lowest BCUT2D eigenvalue weighted by atomic mass is 10.1. The third-order valence-corrected chi connectivity index (χ3v) is 5.93. The molecule has 8 heteroatoms. The zero-order valence-corrected chi connectivity index (χ0v) is 17.8. The molecule has 0 aliphatic heterocycles. The van der Waals surface area contributed by atoms with Crippen molar-refractivity contribution in [2.75, 3.05) is 5.32 Å². The van der Waals surface area contributed by atoms with Crippen LogP contribution in [0.1, 0.15) is 11.3 Å². The SMILES string of the molecule is Cc1cnc(Sc2ccc(Nc3c(C#N)cnc4cc(Br)ccc34)cc2Cl)[nH]1. The Balaban J connectivity index is 1.68. The fourth-order valence-corrected chi connectivity index (χ4v) is 4.20. The van der Waals surface area contributed by atoms with Crippen molar-refractivity contribution < 1.29 is 0 Å². The molecule has 0 atom stereocenters. The number of nitrogens with zero attached hydrogens (tertiary/aromatic N) is 3. The Morgan fingerprint density at radius 3 is 2.75 bits per heavy atom. The lowest BCUT2D eigenvalue weighted by Gasteiger charge is -2.13. The molecule has 2 heterocycles. The third-order valence-electron chi connectivity index (χ3n) is 4.04. The maximum Gasteiger partial charge on any atom is 0.170 e. The van der Waals surface area contributed by atoms with E-state index in [4.69, 9.17) is 11.6 Å². The molecule has 2 aromatic heterocycles. The van der Waals surface area contributed by atoms with Gasteiger partial charge in [0.05, 0.1) is 21.8 Å². The minimum Gasteiger partial charge on any atom is -0.354 e. The van der Waals surface area contributed by atoms with Crippen molar-refractivity contribution in [3.8, 4) is 6.07 Å². The van der Waals surface area contributed by atoms with Crippen LogP contribution in [0.15, 0.2) is 63.3 Å². The fraction of sp³-hybridized carbons (Fsp3) is 0.0500. The number of halogens is 2. The average Bonchev–Trinajstić information content (AvgIpc) is 3.09. The van der Waals surface area contributed by atoms with Crippen molar-refractivity contribution >= 4 is 61.6 Å². The first-order valence-electron chi connectivity index (χ1n) is 8.28. The van der Waals surface area contributed by atoms with E-state index in [0.29, 0.717) is 16.3 Å². The average molecular weight is 471 g/mol. The predicted molar refractivity (Wildman–Crippen MR) is 116 cm³/mol. The van der Waals surface area contributed by atoms with Crippen LogP contribution in [0.4, 0.5) is 11.4 Å². The summed E-state index contributed by atoms with van der Waals surface area (Å²) in [6, 6.07) is 13.7. The lowest BCUT2D eigenvalue weighted by Crippen LogP contribution is -1.97. The van der Waals surface area contributed by atoms with Crippen molar-refractivity contribution in [2.45, 2.75) is 17.0 Å². The molecular formula is C20H13BrClN5S. The van der Waals surface area contributed by atoms with Crippen LogP contribution in [0, 0.1) is 18.3 Å². The largest absolute Gasteiger partial charge is 0.354 e. The van der Waals surface area contributed by atoms with Gasteiger partial charge in [-0.15, -0.1) is 0 Å². The van der Waals surface area contributed by atoms with Crippen LogP contribution in [-0.2, 0) is 0 Å². The van der Waals surface area contributed by atoms with Gasteiger partial charge in [-0.1, -0.05) is 39.3 Å². The molecule has 0 amide bonds. The summed E-state index contributed by atoms with van der Waals surface area (Å²) in [7, 11) is 0. The van der Waals surface area contributed by atoms with E-state index >= 15 is 0 Å². The van der Waals surface area contributed by atoms with Crippen molar-refractivity contribution in [2.24, 2.45) is 0 Å². The molecule has 0 spiro atoms. The molecule has 0 saturated heterocycles. The van der Waals surface area contributed by atoms with E-state index in [1.165, 1.54) is 11.8 Å². The second-order valence-electron chi connectivity index (χ2n) is 6.06. The number of aromatic nitrogens is 3. The van der Waals surface area contributed by atoms with Gasteiger partial charge in [-0.25, -0.2) is 4.98 Å². The van der Waals surface area contributed by atoms with Crippen molar-refractivity contribution in [3.05, 3.63) is 69.5 Å². The van der Waals surface area contributed by atoms with E-state index in [0.717, 1.165) is 36.8 Å². The highest BCUT2D eigenvalue weighted by Gasteiger charge is 2.12. The van der Waals surface area contributed by atoms with E-state index in [1.807, 2.05) is 43.3 Å². The standard InChI is InChI=1S/C20H13BrClN5S/c1-11-9-25-20(26-11)28-18-5-3-14(7-16(18)22)27-19-12(8-23)10-24-17-6-13(21)2-4-15(17)19/h2-7,9-10H,1H3,(H,24,27)(H,25,26).